The Bertz CT molecular complexity index is 1150. The molecule has 0 N–H and O–H groups in total. The van der Waals surface area contributed by atoms with Gasteiger partial charge >= 0.3 is 5.97 Å². The number of hydrogen-bond donors (Lipinski definition) is 0. The first-order valence-corrected chi connectivity index (χ1v) is 8.93. The van der Waals surface area contributed by atoms with Crippen molar-refractivity contribution in [3.63, 3.8) is 0 Å². The fraction of sp³-hybridized carbons (Fsp3) is 0. The van der Waals surface area contributed by atoms with Crippen LogP contribution in [-0.2, 0) is 9.53 Å². The highest BCUT2D eigenvalue weighted by Gasteiger charge is 2.25. The van der Waals surface area contributed by atoms with Crippen molar-refractivity contribution in [1.82, 2.24) is 0 Å². The van der Waals surface area contributed by atoms with E-state index in [0.29, 0.717) is 22.6 Å². The molecule has 0 radical (unpaired) electrons. The molecule has 0 aliphatic carbocycles. The molecule has 4 rings (SSSR count). The highest BCUT2D eigenvalue weighted by atomic mass is 79.9. The van der Waals surface area contributed by atoms with Gasteiger partial charge in [0.15, 0.2) is 5.70 Å². The quantitative estimate of drug-likeness (QED) is 0.248. The number of carbonyl (C=O) groups is 1. The molecule has 1 aliphatic rings. The summed E-state index contributed by atoms with van der Waals surface area (Å²) in [6, 6.07) is 16.7. The molecular weight excluding hydrogens is 428 g/mol. The number of carbonyl (C=O) groups excluding carboxylic acids is 1. The second kappa shape index (κ2) is 7.24. The summed E-state index contributed by atoms with van der Waals surface area (Å²) in [5, 5.41) is 11.2. The predicted molar refractivity (Wildman–Crippen MR) is 106 cm³/mol. The molecule has 0 saturated heterocycles. The Kier molecular flexibility index (Phi) is 4.62. The molecule has 2 heterocycles. The maximum absolute atomic E-state index is 12.1. The number of para-hydroxylation sites is 1. The zero-order valence-electron chi connectivity index (χ0n) is 14.2. The van der Waals surface area contributed by atoms with Crippen LogP contribution in [0.25, 0.3) is 17.4 Å². The van der Waals surface area contributed by atoms with Crippen LogP contribution in [0.4, 0.5) is 5.69 Å². The molecule has 138 valence electrons. The summed E-state index contributed by atoms with van der Waals surface area (Å²) < 4.78 is 11.8. The van der Waals surface area contributed by atoms with Crippen LogP contribution in [0.2, 0.25) is 0 Å². The highest BCUT2D eigenvalue weighted by Crippen LogP contribution is 2.31. The molecule has 0 spiro atoms. The first-order valence-electron chi connectivity index (χ1n) is 8.13. The van der Waals surface area contributed by atoms with E-state index in [1.807, 2.05) is 12.1 Å². The van der Waals surface area contributed by atoms with Gasteiger partial charge in [-0.2, -0.15) is 0 Å². The monoisotopic (exact) mass is 438 g/mol. The second-order valence-corrected chi connectivity index (χ2v) is 6.73. The van der Waals surface area contributed by atoms with E-state index in [2.05, 4.69) is 20.9 Å². The molecule has 8 heteroatoms. The third kappa shape index (κ3) is 3.49. The van der Waals surface area contributed by atoms with E-state index < -0.39 is 10.9 Å². The largest absolute Gasteiger partial charge is 0.456 e. The normalized spacial score (nSPS) is 14.8. The van der Waals surface area contributed by atoms with Crippen molar-refractivity contribution in [2.45, 2.75) is 0 Å². The molecule has 0 unspecified atom stereocenters. The van der Waals surface area contributed by atoms with Gasteiger partial charge in [-0.3, -0.25) is 10.1 Å². The first kappa shape index (κ1) is 17.9. The highest BCUT2D eigenvalue weighted by molar-refractivity contribution is 9.10. The Hall–Kier alpha value is -3.52. The number of hydrogen-bond acceptors (Lipinski definition) is 6. The summed E-state index contributed by atoms with van der Waals surface area (Å²) >= 11 is 3.34. The maximum Gasteiger partial charge on any atom is 0.363 e. The van der Waals surface area contributed by atoms with Gasteiger partial charge < -0.3 is 9.15 Å². The Morgan fingerprint density at radius 1 is 1.04 bits per heavy atom. The summed E-state index contributed by atoms with van der Waals surface area (Å²) in [4.78, 5) is 27.0. The lowest BCUT2D eigenvalue weighted by molar-refractivity contribution is -0.384. The molecule has 0 bridgehead atoms. The average Bonchev–Trinajstić information content (AvgIpc) is 3.30. The lowest BCUT2D eigenvalue weighted by Crippen LogP contribution is -2.05. The third-order valence-corrected chi connectivity index (χ3v) is 4.51. The van der Waals surface area contributed by atoms with Gasteiger partial charge in [-0.15, -0.1) is 0 Å². The number of cyclic esters (lactones) is 1. The van der Waals surface area contributed by atoms with E-state index in [9.17, 15) is 14.9 Å². The summed E-state index contributed by atoms with van der Waals surface area (Å²) in [6.45, 7) is 0. The van der Waals surface area contributed by atoms with Crippen molar-refractivity contribution in [3.05, 3.63) is 92.3 Å². The van der Waals surface area contributed by atoms with Crippen LogP contribution in [-0.4, -0.2) is 16.8 Å². The van der Waals surface area contributed by atoms with Crippen molar-refractivity contribution in [2.24, 2.45) is 4.99 Å². The number of aliphatic imine (C=N–C) groups is 1. The molecular formula is C20H11BrN2O5. The first-order chi connectivity index (χ1) is 13.5. The molecule has 28 heavy (non-hydrogen) atoms. The van der Waals surface area contributed by atoms with E-state index in [4.69, 9.17) is 9.15 Å². The number of benzene rings is 2. The summed E-state index contributed by atoms with van der Waals surface area (Å²) in [5.41, 5.74) is 1.04. The number of nitrogens with zero attached hydrogens (tertiary/aromatic N) is 2. The Morgan fingerprint density at radius 3 is 2.54 bits per heavy atom. The zero-order chi connectivity index (χ0) is 19.7. The SMILES string of the molecule is O=C1OC(c2ccc(Br)cc2)=N/C1=C\c1ccc(-c2ccccc2[N+](=O)[O-])o1. The molecule has 0 amide bonds. The Balaban J connectivity index is 1.65. The average molecular weight is 439 g/mol. The molecule has 1 aromatic heterocycles. The topological polar surface area (TPSA) is 94.9 Å². The maximum atomic E-state index is 12.1. The fourth-order valence-electron chi connectivity index (χ4n) is 2.68. The van der Waals surface area contributed by atoms with Crippen LogP contribution in [0.15, 0.2) is 80.2 Å². The molecule has 0 saturated carbocycles. The predicted octanol–water partition coefficient (Wildman–Crippen LogP) is 4.96. The minimum atomic E-state index is -0.596. The van der Waals surface area contributed by atoms with Crippen LogP contribution in [0, 0.1) is 10.1 Å². The Labute approximate surface area is 167 Å². The van der Waals surface area contributed by atoms with Gasteiger partial charge in [0.1, 0.15) is 11.5 Å². The van der Waals surface area contributed by atoms with Crippen molar-refractivity contribution < 1.29 is 18.9 Å². The minimum absolute atomic E-state index is 0.0631. The van der Waals surface area contributed by atoms with Gasteiger partial charge in [0.2, 0.25) is 5.90 Å². The molecule has 7 nitrogen and oxygen atoms in total. The smallest absolute Gasteiger partial charge is 0.363 e. The minimum Gasteiger partial charge on any atom is -0.456 e. The van der Waals surface area contributed by atoms with E-state index in [-0.39, 0.29) is 17.3 Å². The van der Waals surface area contributed by atoms with Crippen molar-refractivity contribution in [1.29, 1.82) is 0 Å². The van der Waals surface area contributed by atoms with E-state index >= 15 is 0 Å². The second-order valence-electron chi connectivity index (χ2n) is 5.82. The van der Waals surface area contributed by atoms with E-state index in [0.717, 1.165) is 4.47 Å². The van der Waals surface area contributed by atoms with Gasteiger partial charge in [0, 0.05) is 22.2 Å². The summed E-state index contributed by atoms with van der Waals surface area (Å²) in [6.07, 6.45) is 1.44. The van der Waals surface area contributed by atoms with Crippen LogP contribution in [0.1, 0.15) is 11.3 Å². The van der Waals surface area contributed by atoms with Gasteiger partial charge in [-0.05, 0) is 42.5 Å². The van der Waals surface area contributed by atoms with Gasteiger partial charge in [-0.25, -0.2) is 9.79 Å². The number of ether oxygens (including phenoxy) is 1. The van der Waals surface area contributed by atoms with Gasteiger partial charge in [-0.1, -0.05) is 28.1 Å². The lowest BCUT2D eigenvalue weighted by Gasteiger charge is -1.98. The van der Waals surface area contributed by atoms with Crippen LogP contribution >= 0.6 is 15.9 Å². The van der Waals surface area contributed by atoms with Crippen molar-refractivity contribution in [3.8, 4) is 11.3 Å². The summed E-state index contributed by atoms with van der Waals surface area (Å²) in [5.74, 6) is 0.263. The molecule has 0 atom stereocenters. The van der Waals surface area contributed by atoms with Gasteiger partial charge in [0.25, 0.3) is 5.69 Å². The van der Waals surface area contributed by atoms with Gasteiger partial charge in [0.05, 0.1) is 10.5 Å². The third-order valence-electron chi connectivity index (χ3n) is 3.98. The van der Waals surface area contributed by atoms with Crippen molar-refractivity contribution >= 4 is 39.6 Å². The Morgan fingerprint density at radius 2 is 1.79 bits per heavy atom. The number of halogens is 1. The molecule has 1 aliphatic heterocycles. The number of furan rings is 1. The standard InChI is InChI=1S/C20H11BrN2O5/c21-13-7-5-12(6-8-13)19-22-16(20(24)28-19)11-14-9-10-18(27-14)15-3-1-2-4-17(15)23(25)26/h1-11H/b16-11-. The van der Waals surface area contributed by atoms with Crippen molar-refractivity contribution in [2.75, 3.05) is 0 Å². The number of nitro benzene ring substituents is 1. The number of esters is 1. The number of nitro groups is 1. The van der Waals surface area contributed by atoms with Crippen LogP contribution in [0.5, 0.6) is 0 Å². The zero-order valence-corrected chi connectivity index (χ0v) is 15.8. The van der Waals surface area contributed by atoms with E-state index in [1.54, 1.807) is 42.5 Å². The number of rotatable bonds is 4. The molecule has 3 aromatic rings. The summed E-state index contributed by atoms with van der Waals surface area (Å²) in [7, 11) is 0. The van der Waals surface area contributed by atoms with Crippen LogP contribution < -0.4 is 0 Å². The van der Waals surface area contributed by atoms with Crippen LogP contribution in [0.3, 0.4) is 0 Å². The molecule has 0 fully saturated rings. The fourth-order valence-corrected chi connectivity index (χ4v) is 2.94. The molecule has 2 aromatic carbocycles. The lowest BCUT2D eigenvalue weighted by atomic mass is 10.1. The van der Waals surface area contributed by atoms with E-state index in [1.165, 1.54) is 12.1 Å².